The predicted octanol–water partition coefficient (Wildman–Crippen LogP) is 3.77. The van der Waals surface area contributed by atoms with Gasteiger partial charge in [0.2, 0.25) is 5.91 Å². The lowest BCUT2D eigenvalue weighted by molar-refractivity contribution is -0.148. The smallest absolute Gasteiger partial charge is 0.408 e. The van der Waals surface area contributed by atoms with Crippen LogP contribution in [0.15, 0.2) is 48.5 Å². The Morgan fingerprint density at radius 1 is 1.06 bits per heavy atom. The molecule has 2 fully saturated rings. The van der Waals surface area contributed by atoms with Gasteiger partial charge < -0.3 is 20.1 Å². The SMILES string of the molecule is C[C@H]1C[C@@H](C(=O)O)CCN1C(=O)C1(NC(=O)OCC2c3ccccc3-c3ccccc32)CC1. The number of hydrogen-bond donors (Lipinski definition) is 2. The molecule has 0 spiro atoms. The van der Waals surface area contributed by atoms with Gasteiger partial charge in [0.15, 0.2) is 0 Å². The van der Waals surface area contributed by atoms with Crippen molar-refractivity contribution in [2.75, 3.05) is 13.2 Å². The molecule has 2 aromatic carbocycles. The zero-order valence-corrected chi connectivity index (χ0v) is 18.6. The van der Waals surface area contributed by atoms with E-state index in [9.17, 15) is 19.5 Å². The number of alkyl carbamates (subject to hydrolysis) is 1. The van der Waals surface area contributed by atoms with Gasteiger partial charge in [-0.15, -0.1) is 0 Å². The molecule has 2 amide bonds. The summed E-state index contributed by atoms with van der Waals surface area (Å²) in [6.45, 7) is 2.46. The first-order valence-corrected chi connectivity index (χ1v) is 11.6. The first kappa shape index (κ1) is 21.5. The van der Waals surface area contributed by atoms with E-state index in [1.54, 1.807) is 4.90 Å². The summed E-state index contributed by atoms with van der Waals surface area (Å²) in [4.78, 5) is 38.9. The topological polar surface area (TPSA) is 95.9 Å². The number of aliphatic carboxylic acids is 1. The number of carboxylic acids is 1. The van der Waals surface area contributed by atoms with E-state index in [4.69, 9.17) is 4.74 Å². The van der Waals surface area contributed by atoms with Gasteiger partial charge in [0, 0.05) is 18.5 Å². The zero-order chi connectivity index (χ0) is 23.2. The monoisotopic (exact) mass is 448 g/mol. The highest BCUT2D eigenvalue weighted by molar-refractivity contribution is 5.93. The summed E-state index contributed by atoms with van der Waals surface area (Å²) < 4.78 is 5.63. The molecule has 1 saturated carbocycles. The molecule has 3 aliphatic rings. The second-order valence-corrected chi connectivity index (χ2v) is 9.44. The van der Waals surface area contributed by atoms with Crippen LogP contribution in [-0.2, 0) is 14.3 Å². The Labute approximate surface area is 192 Å². The van der Waals surface area contributed by atoms with Gasteiger partial charge in [0.1, 0.15) is 12.1 Å². The van der Waals surface area contributed by atoms with Crippen molar-refractivity contribution in [3.8, 4) is 11.1 Å². The number of piperidine rings is 1. The van der Waals surface area contributed by atoms with Crippen LogP contribution in [0.2, 0.25) is 0 Å². The van der Waals surface area contributed by atoms with E-state index in [-0.39, 0.29) is 24.5 Å². The van der Waals surface area contributed by atoms with Gasteiger partial charge in [-0.05, 0) is 54.9 Å². The number of nitrogens with zero attached hydrogens (tertiary/aromatic N) is 1. The first-order valence-electron chi connectivity index (χ1n) is 11.6. The van der Waals surface area contributed by atoms with E-state index in [0.717, 1.165) is 22.3 Å². The van der Waals surface area contributed by atoms with Gasteiger partial charge in [-0.3, -0.25) is 9.59 Å². The van der Waals surface area contributed by atoms with Crippen LogP contribution in [0.3, 0.4) is 0 Å². The van der Waals surface area contributed by atoms with E-state index in [1.165, 1.54) is 0 Å². The second kappa shape index (κ2) is 8.21. The fourth-order valence-electron chi connectivity index (χ4n) is 5.32. The van der Waals surface area contributed by atoms with E-state index in [2.05, 4.69) is 29.6 Å². The normalized spacial score (nSPS) is 22.8. The number of carbonyl (C=O) groups excluding carboxylic acids is 2. The predicted molar refractivity (Wildman–Crippen MR) is 122 cm³/mol. The van der Waals surface area contributed by atoms with Gasteiger partial charge in [0.25, 0.3) is 0 Å². The fraction of sp³-hybridized carbons (Fsp3) is 0.423. The molecule has 172 valence electrons. The maximum absolute atomic E-state index is 13.2. The molecule has 5 rings (SSSR count). The standard InChI is InChI=1S/C26H28N2O5/c1-16-14-17(23(29)30)10-13-28(16)24(31)26(11-12-26)27-25(32)33-15-22-20-8-4-2-6-18(20)19-7-3-5-9-21(19)22/h2-9,16-17,22H,10-15H2,1H3,(H,27,32)(H,29,30)/t16-,17-/m0/s1. The van der Waals surface area contributed by atoms with Crippen LogP contribution >= 0.6 is 0 Å². The average Bonchev–Trinajstić information content (AvgIpc) is 3.52. The third-order valence-electron chi connectivity index (χ3n) is 7.33. The number of ether oxygens (including phenoxy) is 1. The summed E-state index contributed by atoms with van der Waals surface area (Å²) >= 11 is 0. The highest BCUT2D eigenvalue weighted by Crippen LogP contribution is 2.45. The molecule has 0 bridgehead atoms. The minimum atomic E-state index is -0.924. The number of hydrogen-bond acceptors (Lipinski definition) is 4. The lowest BCUT2D eigenvalue weighted by Gasteiger charge is -2.38. The number of carboxylic acid groups (broad SMARTS) is 1. The van der Waals surface area contributed by atoms with Crippen molar-refractivity contribution in [3.05, 3.63) is 59.7 Å². The Kier molecular flexibility index (Phi) is 5.35. The van der Waals surface area contributed by atoms with Gasteiger partial charge in [0.05, 0.1) is 5.92 Å². The third kappa shape index (κ3) is 3.86. The molecule has 2 aliphatic carbocycles. The molecule has 2 N–H and O–H groups in total. The van der Waals surface area contributed by atoms with Crippen LogP contribution < -0.4 is 5.32 Å². The molecule has 0 unspecified atom stereocenters. The average molecular weight is 449 g/mol. The molecular formula is C26H28N2O5. The molecule has 1 heterocycles. The number of likely N-dealkylation sites (tertiary alicyclic amines) is 1. The van der Waals surface area contributed by atoms with Crippen molar-refractivity contribution in [3.63, 3.8) is 0 Å². The minimum Gasteiger partial charge on any atom is -0.481 e. The van der Waals surface area contributed by atoms with E-state index >= 15 is 0 Å². The van der Waals surface area contributed by atoms with Crippen LogP contribution in [0.25, 0.3) is 11.1 Å². The maximum Gasteiger partial charge on any atom is 0.408 e. The molecule has 7 heteroatoms. The highest BCUT2D eigenvalue weighted by atomic mass is 16.5. The van der Waals surface area contributed by atoms with Crippen LogP contribution in [0, 0.1) is 5.92 Å². The van der Waals surface area contributed by atoms with Gasteiger partial charge in [-0.1, -0.05) is 48.5 Å². The molecule has 7 nitrogen and oxygen atoms in total. The summed E-state index contributed by atoms with van der Waals surface area (Å²) in [6.07, 6.45) is 1.42. The van der Waals surface area contributed by atoms with Gasteiger partial charge in [-0.25, -0.2) is 4.79 Å². The number of amides is 2. The number of carbonyl (C=O) groups is 3. The first-order chi connectivity index (χ1) is 15.9. The Bertz CT molecular complexity index is 1060. The van der Waals surface area contributed by atoms with E-state index in [0.29, 0.717) is 32.2 Å². The van der Waals surface area contributed by atoms with E-state index < -0.39 is 23.5 Å². The molecule has 33 heavy (non-hydrogen) atoms. The van der Waals surface area contributed by atoms with Crippen molar-refractivity contribution in [1.82, 2.24) is 10.2 Å². The van der Waals surface area contributed by atoms with E-state index in [1.807, 2.05) is 31.2 Å². The Hall–Kier alpha value is -3.35. The number of rotatable bonds is 5. The number of benzene rings is 2. The second-order valence-electron chi connectivity index (χ2n) is 9.44. The molecule has 0 radical (unpaired) electrons. The summed E-state index contributed by atoms with van der Waals surface area (Å²) in [7, 11) is 0. The largest absolute Gasteiger partial charge is 0.481 e. The van der Waals surface area contributed by atoms with Crippen molar-refractivity contribution in [2.45, 2.75) is 50.1 Å². The third-order valence-corrected chi connectivity index (χ3v) is 7.33. The summed E-state index contributed by atoms with van der Waals surface area (Å²) in [6, 6.07) is 16.1. The Morgan fingerprint density at radius 3 is 2.21 bits per heavy atom. The molecule has 1 saturated heterocycles. The van der Waals surface area contributed by atoms with Gasteiger partial charge in [-0.2, -0.15) is 0 Å². The summed E-state index contributed by atoms with van der Waals surface area (Å²) in [5.74, 6) is -1.41. The van der Waals surface area contributed by atoms with Gasteiger partial charge >= 0.3 is 12.1 Å². The zero-order valence-electron chi connectivity index (χ0n) is 18.6. The van der Waals surface area contributed by atoms with Crippen LogP contribution in [0.1, 0.15) is 49.7 Å². The number of nitrogens with one attached hydrogen (secondary N) is 1. The summed E-state index contributed by atoms with van der Waals surface area (Å²) in [5.41, 5.74) is 3.68. The fourth-order valence-corrected chi connectivity index (χ4v) is 5.32. The van der Waals surface area contributed by atoms with Crippen molar-refractivity contribution < 1.29 is 24.2 Å². The maximum atomic E-state index is 13.2. The van der Waals surface area contributed by atoms with Crippen LogP contribution in [0.5, 0.6) is 0 Å². The van der Waals surface area contributed by atoms with Crippen molar-refractivity contribution in [2.24, 2.45) is 5.92 Å². The molecule has 2 aromatic rings. The van der Waals surface area contributed by atoms with Crippen molar-refractivity contribution >= 4 is 18.0 Å². The number of fused-ring (bicyclic) bond motifs is 3. The Morgan fingerprint density at radius 2 is 1.67 bits per heavy atom. The quantitative estimate of drug-likeness (QED) is 0.726. The molecule has 1 aliphatic heterocycles. The van der Waals surface area contributed by atoms with Crippen LogP contribution in [0.4, 0.5) is 4.79 Å². The van der Waals surface area contributed by atoms with Crippen LogP contribution in [-0.4, -0.2) is 52.7 Å². The summed E-state index contributed by atoms with van der Waals surface area (Å²) in [5, 5.41) is 12.1. The molecule has 0 aromatic heterocycles. The lowest BCUT2D eigenvalue weighted by Crippen LogP contribution is -2.55. The minimum absolute atomic E-state index is 0.0379. The lowest BCUT2D eigenvalue weighted by atomic mass is 9.91. The Balaban J connectivity index is 1.22. The van der Waals surface area contributed by atoms with Crippen molar-refractivity contribution in [1.29, 1.82) is 0 Å². The highest BCUT2D eigenvalue weighted by Gasteiger charge is 2.54. The molecule has 2 atom stereocenters. The molecular weight excluding hydrogens is 420 g/mol.